The number of rotatable bonds is 4. The molecule has 0 saturated heterocycles. The van der Waals surface area contributed by atoms with Crippen molar-refractivity contribution < 1.29 is 15.3 Å². The van der Waals surface area contributed by atoms with Crippen LogP contribution in [0.25, 0.3) is 0 Å². The van der Waals surface area contributed by atoms with Gasteiger partial charge in [0, 0.05) is 6.42 Å². The molecule has 2 atom stereocenters. The third-order valence-corrected chi connectivity index (χ3v) is 0.991. The Bertz CT molecular complexity index is 63.3. The highest BCUT2D eigenvalue weighted by molar-refractivity contribution is 4.62. The summed E-state index contributed by atoms with van der Waals surface area (Å²) >= 11 is 0. The number of hydrogen-bond donors (Lipinski definition) is 3. The monoisotopic (exact) mass is 133 g/mol. The molecule has 0 aromatic heterocycles. The van der Waals surface area contributed by atoms with Crippen molar-refractivity contribution in [2.45, 2.75) is 32.0 Å². The Kier molecular flexibility index (Phi) is 4.67. The number of aliphatic hydroxyl groups is 3. The summed E-state index contributed by atoms with van der Waals surface area (Å²) in [5.41, 5.74) is 0. The summed E-state index contributed by atoms with van der Waals surface area (Å²) in [5, 5.41) is 25.7. The van der Waals surface area contributed by atoms with Crippen LogP contribution in [0.4, 0.5) is 0 Å². The van der Waals surface area contributed by atoms with Gasteiger partial charge in [0.05, 0.1) is 18.8 Å². The van der Waals surface area contributed by atoms with Crippen molar-refractivity contribution >= 4 is 0 Å². The van der Waals surface area contributed by atoms with E-state index in [9.17, 15) is 0 Å². The summed E-state index contributed by atoms with van der Waals surface area (Å²) in [6.45, 7) is 2.49. The van der Waals surface area contributed by atoms with E-state index < -0.39 is 12.2 Å². The predicted octanol–water partition coefficient (Wildman–Crippen LogP) is 0.0426. The van der Waals surface area contributed by atoms with Crippen molar-refractivity contribution in [1.29, 1.82) is 0 Å². The molecule has 9 heavy (non-hydrogen) atoms. The predicted molar refractivity (Wildman–Crippen MR) is 33.2 cm³/mol. The number of aliphatic hydroxyl groups excluding tert-OH is 3. The van der Waals surface area contributed by atoms with Crippen LogP contribution < -0.4 is 0 Å². The van der Waals surface area contributed by atoms with Gasteiger partial charge in [-0.25, -0.2) is 0 Å². The van der Waals surface area contributed by atoms with Crippen LogP contribution in [0.5, 0.6) is 0 Å². The Hall–Kier alpha value is -0.120. The zero-order chi connectivity index (χ0) is 7.28. The maximum Gasteiger partial charge on any atom is 0.0824 e. The Morgan fingerprint density at radius 1 is 1.44 bits per heavy atom. The molecule has 55 valence electrons. The molecular formula is C6H13O3. The minimum absolute atomic E-state index is 0.227. The summed E-state index contributed by atoms with van der Waals surface area (Å²) < 4.78 is 0. The van der Waals surface area contributed by atoms with Crippen molar-refractivity contribution in [1.82, 2.24) is 0 Å². The molecule has 0 saturated carbocycles. The molecule has 0 aliphatic rings. The molecule has 0 heterocycles. The molecule has 3 heteroatoms. The largest absolute Gasteiger partial charge is 0.393 e. The summed E-state index contributed by atoms with van der Waals surface area (Å²) in [7, 11) is 0. The number of hydrogen-bond acceptors (Lipinski definition) is 3. The SMILES string of the molecule is CC(O)CC(O)C[CH]O. The van der Waals surface area contributed by atoms with Crippen molar-refractivity contribution in [3.63, 3.8) is 0 Å². The molecule has 3 N–H and O–H groups in total. The van der Waals surface area contributed by atoms with E-state index in [0.29, 0.717) is 6.42 Å². The lowest BCUT2D eigenvalue weighted by molar-refractivity contribution is 0.0825. The average molecular weight is 133 g/mol. The van der Waals surface area contributed by atoms with Crippen molar-refractivity contribution in [3.8, 4) is 0 Å². The van der Waals surface area contributed by atoms with Crippen molar-refractivity contribution in [3.05, 3.63) is 6.61 Å². The fraction of sp³-hybridized carbons (Fsp3) is 0.833. The van der Waals surface area contributed by atoms with Gasteiger partial charge in [-0.2, -0.15) is 0 Å². The Morgan fingerprint density at radius 3 is 2.33 bits per heavy atom. The Labute approximate surface area is 54.9 Å². The van der Waals surface area contributed by atoms with Crippen LogP contribution in [0.2, 0.25) is 0 Å². The first-order valence-corrected chi connectivity index (χ1v) is 2.98. The third kappa shape index (κ3) is 5.76. The van der Waals surface area contributed by atoms with Crippen LogP contribution >= 0.6 is 0 Å². The molecule has 0 aliphatic carbocycles. The first-order valence-electron chi connectivity index (χ1n) is 2.98. The quantitative estimate of drug-likeness (QED) is 0.507. The second-order valence-electron chi connectivity index (χ2n) is 2.16. The smallest absolute Gasteiger partial charge is 0.0824 e. The van der Waals surface area contributed by atoms with Gasteiger partial charge in [0.15, 0.2) is 0 Å². The Balaban J connectivity index is 3.15. The lowest BCUT2D eigenvalue weighted by Gasteiger charge is -2.09. The molecule has 0 aromatic carbocycles. The zero-order valence-electron chi connectivity index (χ0n) is 5.49. The molecule has 0 fully saturated rings. The van der Waals surface area contributed by atoms with E-state index in [0.717, 1.165) is 6.61 Å². The van der Waals surface area contributed by atoms with Crippen molar-refractivity contribution in [2.24, 2.45) is 0 Å². The molecule has 0 spiro atoms. The molecule has 1 radical (unpaired) electrons. The summed E-state index contributed by atoms with van der Waals surface area (Å²) in [6.07, 6.45) is -0.572. The third-order valence-electron chi connectivity index (χ3n) is 0.991. The molecule has 0 rings (SSSR count). The molecule has 0 aromatic rings. The average Bonchev–Trinajstić information content (AvgIpc) is 1.63. The fourth-order valence-corrected chi connectivity index (χ4v) is 0.612. The van der Waals surface area contributed by atoms with Gasteiger partial charge < -0.3 is 15.3 Å². The van der Waals surface area contributed by atoms with Gasteiger partial charge in [-0.05, 0) is 13.3 Å². The zero-order valence-corrected chi connectivity index (χ0v) is 5.49. The first kappa shape index (κ1) is 8.88. The van der Waals surface area contributed by atoms with Crippen LogP contribution in [0.15, 0.2) is 0 Å². The molecule has 0 bridgehead atoms. The van der Waals surface area contributed by atoms with Crippen LogP contribution in [0.3, 0.4) is 0 Å². The second kappa shape index (κ2) is 4.73. The van der Waals surface area contributed by atoms with Gasteiger partial charge in [-0.1, -0.05) is 0 Å². The van der Waals surface area contributed by atoms with E-state index >= 15 is 0 Å². The van der Waals surface area contributed by atoms with Crippen LogP contribution in [0.1, 0.15) is 19.8 Å². The highest BCUT2D eigenvalue weighted by atomic mass is 16.3. The van der Waals surface area contributed by atoms with Gasteiger partial charge in [0.1, 0.15) is 0 Å². The summed E-state index contributed by atoms with van der Waals surface area (Å²) in [4.78, 5) is 0. The van der Waals surface area contributed by atoms with E-state index in [-0.39, 0.29) is 6.42 Å². The van der Waals surface area contributed by atoms with E-state index in [2.05, 4.69) is 0 Å². The normalized spacial score (nSPS) is 17.3. The summed E-state index contributed by atoms with van der Waals surface area (Å²) in [5.74, 6) is 0. The first-order chi connectivity index (χ1) is 4.16. The maximum atomic E-state index is 8.87. The molecule has 0 aliphatic heterocycles. The fourth-order valence-electron chi connectivity index (χ4n) is 0.612. The van der Waals surface area contributed by atoms with E-state index in [1.165, 1.54) is 0 Å². The van der Waals surface area contributed by atoms with Gasteiger partial charge in [-0.3, -0.25) is 0 Å². The lowest BCUT2D eigenvalue weighted by atomic mass is 10.1. The van der Waals surface area contributed by atoms with Gasteiger partial charge in [0.25, 0.3) is 0 Å². The molecule has 3 nitrogen and oxygen atoms in total. The Morgan fingerprint density at radius 2 is 2.00 bits per heavy atom. The minimum Gasteiger partial charge on any atom is -0.393 e. The standard InChI is InChI=1S/C6H13O3/c1-5(8)4-6(9)2-3-7/h3,5-9H,2,4H2,1H3. The highest BCUT2D eigenvalue weighted by Crippen LogP contribution is 2.01. The van der Waals surface area contributed by atoms with Crippen molar-refractivity contribution in [2.75, 3.05) is 0 Å². The highest BCUT2D eigenvalue weighted by Gasteiger charge is 2.05. The second-order valence-corrected chi connectivity index (χ2v) is 2.16. The van der Waals surface area contributed by atoms with E-state index in [1.807, 2.05) is 0 Å². The molecule has 0 amide bonds. The topological polar surface area (TPSA) is 60.7 Å². The van der Waals surface area contributed by atoms with E-state index in [4.69, 9.17) is 15.3 Å². The van der Waals surface area contributed by atoms with Crippen LogP contribution in [-0.2, 0) is 0 Å². The van der Waals surface area contributed by atoms with Gasteiger partial charge in [0.2, 0.25) is 0 Å². The summed E-state index contributed by atoms with van der Waals surface area (Å²) in [6, 6.07) is 0. The van der Waals surface area contributed by atoms with E-state index in [1.54, 1.807) is 6.92 Å². The van der Waals surface area contributed by atoms with Crippen LogP contribution in [-0.4, -0.2) is 27.5 Å². The van der Waals surface area contributed by atoms with Crippen LogP contribution in [0, 0.1) is 6.61 Å². The minimum atomic E-state index is -0.616. The molecule has 2 unspecified atom stereocenters. The lowest BCUT2D eigenvalue weighted by Crippen LogP contribution is -2.14. The maximum absolute atomic E-state index is 8.87. The molecular weight excluding hydrogens is 120 g/mol. The van der Waals surface area contributed by atoms with Gasteiger partial charge in [-0.15, -0.1) is 0 Å². The van der Waals surface area contributed by atoms with Gasteiger partial charge >= 0.3 is 0 Å².